The lowest BCUT2D eigenvalue weighted by Crippen LogP contribution is -2.04. The second-order valence-electron chi connectivity index (χ2n) is 3.03. The van der Waals surface area contributed by atoms with Crippen LogP contribution < -0.4 is 5.73 Å². The van der Waals surface area contributed by atoms with Gasteiger partial charge in [-0.25, -0.2) is 0 Å². The standard InChI is InChI=1S/C8H9N3O5/c9-2-1-5-3-6(10(13)14)4-7(8(5)12)11(15)16/h3-4,12H,1-2,9H2. The van der Waals surface area contributed by atoms with Gasteiger partial charge in [0.2, 0.25) is 0 Å². The maximum absolute atomic E-state index is 10.5. The molecule has 0 aliphatic carbocycles. The lowest BCUT2D eigenvalue weighted by molar-refractivity contribution is -0.394. The van der Waals surface area contributed by atoms with Gasteiger partial charge in [0.1, 0.15) is 0 Å². The van der Waals surface area contributed by atoms with E-state index in [2.05, 4.69) is 0 Å². The molecule has 0 fully saturated rings. The first-order valence-corrected chi connectivity index (χ1v) is 4.32. The molecule has 8 nitrogen and oxygen atoms in total. The summed E-state index contributed by atoms with van der Waals surface area (Å²) in [4.78, 5) is 19.4. The van der Waals surface area contributed by atoms with Crippen molar-refractivity contribution in [3.63, 3.8) is 0 Å². The van der Waals surface area contributed by atoms with Gasteiger partial charge in [-0.05, 0) is 13.0 Å². The van der Waals surface area contributed by atoms with E-state index in [0.29, 0.717) is 0 Å². The molecule has 1 aromatic rings. The maximum atomic E-state index is 10.5. The number of nitrogens with zero attached hydrogens (tertiary/aromatic N) is 2. The van der Waals surface area contributed by atoms with Crippen molar-refractivity contribution in [1.29, 1.82) is 0 Å². The third-order valence-electron chi connectivity index (χ3n) is 1.97. The monoisotopic (exact) mass is 227 g/mol. The van der Waals surface area contributed by atoms with Crippen LogP contribution in [-0.4, -0.2) is 21.5 Å². The molecule has 0 atom stereocenters. The van der Waals surface area contributed by atoms with Gasteiger partial charge in [-0.2, -0.15) is 0 Å². The Kier molecular flexibility index (Phi) is 3.36. The highest BCUT2D eigenvalue weighted by Gasteiger charge is 2.23. The van der Waals surface area contributed by atoms with Gasteiger partial charge in [-0.3, -0.25) is 20.2 Å². The van der Waals surface area contributed by atoms with Crippen LogP contribution in [0.5, 0.6) is 5.75 Å². The zero-order valence-electron chi connectivity index (χ0n) is 8.12. The number of hydrogen-bond donors (Lipinski definition) is 2. The van der Waals surface area contributed by atoms with E-state index in [-0.39, 0.29) is 18.5 Å². The number of nitrogens with two attached hydrogens (primary N) is 1. The van der Waals surface area contributed by atoms with Crippen LogP contribution >= 0.6 is 0 Å². The molecule has 8 heteroatoms. The topological polar surface area (TPSA) is 133 Å². The first-order chi connectivity index (χ1) is 7.47. The number of phenols is 1. The fraction of sp³-hybridized carbons (Fsp3) is 0.250. The van der Waals surface area contributed by atoms with Gasteiger partial charge in [-0.1, -0.05) is 0 Å². The Morgan fingerprint density at radius 1 is 1.25 bits per heavy atom. The van der Waals surface area contributed by atoms with Crippen molar-refractivity contribution in [2.75, 3.05) is 6.54 Å². The maximum Gasteiger partial charge on any atom is 0.317 e. The number of non-ortho nitro benzene ring substituents is 1. The Balaban J connectivity index is 3.38. The van der Waals surface area contributed by atoms with Crippen LogP contribution in [0.2, 0.25) is 0 Å². The van der Waals surface area contributed by atoms with Crippen LogP contribution in [0.1, 0.15) is 5.56 Å². The number of nitro benzene ring substituents is 2. The quantitative estimate of drug-likeness (QED) is 0.574. The van der Waals surface area contributed by atoms with Crippen LogP contribution in [0.3, 0.4) is 0 Å². The SMILES string of the molecule is NCCc1cc([N+](=O)[O-])cc([N+](=O)[O-])c1O. The van der Waals surface area contributed by atoms with E-state index in [1.165, 1.54) is 0 Å². The molecule has 86 valence electrons. The zero-order valence-corrected chi connectivity index (χ0v) is 8.12. The Morgan fingerprint density at radius 2 is 1.88 bits per heavy atom. The summed E-state index contributed by atoms with van der Waals surface area (Å²) in [6.45, 7) is 0.131. The number of nitro groups is 2. The normalized spacial score (nSPS) is 10.1. The average Bonchev–Trinajstić information content (AvgIpc) is 2.20. The van der Waals surface area contributed by atoms with E-state index < -0.39 is 27.0 Å². The number of hydrogen-bond acceptors (Lipinski definition) is 6. The minimum atomic E-state index is -0.873. The van der Waals surface area contributed by atoms with E-state index in [1.54, 1.807) is 0 Å². The first-order valence-electron chi connectivity index (χ1n) is 4.32. The molecule has 0 aromatic heterocycles. The van der Waals surface area contributed by atoms with Crippen LogP contribution in [0.25, 0.3) is 0 Å². The summed E-state index contributed by atoms with van der Waals surface area (Å²) in [5.41, 5.74) is 4.21. The van der Waals surface area contributed by atoms with Crippen molar-refractivity contribution < 1.29 is 15.0 Å². The van der Waals surface area contributed by atoms with Crippen LogP contribution in [0.15, 0.2) is 12.1 Å². The molecule has 3 N–H and O–H groups in total. The Bertz CT molecular complexity index is 446. The van der Waals surface area contributed by atoms with Crippen molar-refractivity contribution in [2.45, 2.75) is 6.42 Å². The van der Waals surface area contributed by atoms with Crippen molar-refractivity contribution in [1.82, 2.24) is 0 Å². The van der Waals surface area contributed by atoms with Crippen molar-refractivity contribution in [2.24, 2.45) is 5.73 Å². The summed E-state index contributed by atoms with van der Waals surface area (Å²) in [5.74, 6) is -0.568. The molecule has 0 saturated carbocycles. The van der Waals surface area contributed by atoms with Gasteiger partial charge in [-0.15, -0.1) is 0 Å². The number of rotatable bonds is 4. The van der Waals surface area contributed by atoms with Gasteiger partial charge in [0.15, 0.2) is 5.75 Å². The molecule has 1 aromatic carbocycles. The summed E-state index contributed by atoms with van der Waals surface area (Å²) >= 11 is 0. The van der Waals surface area contributed by atoms with Gasteiger partial charge < -0.3 is 10.8 Å². The molecule has 1 rings (SSSR count). The molecule has 0 amide bonds. The molecule has 0 radical (unpaired) electrons. The number of benzene rings is 1. The van der Waals surface area contributed by atoms with Crippen LogP contribution in [0, 0.1) is 20.2 Å². The summed E-state index contributed by atoms with van der Waals surface area (Å²) in [6.07, 6.45) is 0.133. The third-order valence-corrected chi connectivity index (χ3v) is 1.97. The van der Waals surface area contributed by atoms with E-state index in [1.807, 2.05) is 0 Å². The highest BCUT2D eigenvalue weighted by atomic mass is 16.6. The van der Waals surface area contributed by atoms with Crippen molar-refractivity contribution >= 4 is 11.4 Å². The lowest BCUT2D eigenvalue weighted by Gasteiger charge is -2.03. The minimum absolute atomic E-state index is 0.100. The van der Waals surface area contributed by atoms with Crippen LogP contribution in [-0.2, 0) is 6.42 Å². The van der Waals surface area contributed by atoms with Crippen molar-refractivity contribution in [3.05, 3.63) is 37.9 Å². The van der Waals surface area contributed by atoms with Gasteiger partial charge in [0.25, 0.3) is 5.69 Å². The van der Waals surface area contributed by atoms with Gasteiger partial charge in [0, 0.05) is 11.6 Å². The number of aromatic hydroxyl groups is 1. The molecule has 0 heterocycles. The summed E-state index contributed by atoms with van der Waals surface area (Å²) in [7, 11) is 0. The second kappa shape index (κ2) is 4.53. The largest absolute Gasteiger partial charge is 0.502 e. The molecule has 0 bridgehead atoms. The van der Waals surface area contributed by atoms with E-state index in [4.69, 9.17) is 5.73 Å². The van der Waals surface area contributed by atoms with E-state index in [9.17, 15) is 25.3 Å². The second-order valence-corrected chi connectivity index (χ2v) is 3.03. The third kappa shape index (κ3) is 2.23. The minimum Gasteiger partial charge on any atom is -0.502 e. The summed E-state index contributed by atoms with van der Waals surface area (Å²) < 4.78 is 0. The molecule has 0 spiro atoms. The Morgan fingerprint density at radius 3 is 2.31 bits per heavy atom. The summed E-state index contributed by atoms with van der Waals surface area (Å²) in [6, 6.07) is 1.80. The molecule has 16 heavy (non-hydrogen) atoms. The Hall–Kier alpha value is -2.22. The first kappa shape index (κ1) is 11.9. The van der Waals surface area contributed by atoms with E-state index in [0.717, 1.165) is 12.1 Å². The van der Waals surface area contributed by atoms with Crippen LogP contribution in [0.4, 0.5) is 11.4 Å². The average molecular weight is 227 g/mol. The fourth-order valence-electron chi connectivity index (χ4n) is 1.25. The van der Waals surface area contributed by atoms with E-state index >= 15 is 0 Å². The highest BCUT2D eigenvalue weighted by Crippen LogP contribution is 2.34. The predicted octanol–water partition coefficient (Wildman–Crippen LogP) is 0.710. The smallest absolute Gasteiger partial charge is 0.317 e. The highest BCUT2D eigenvalue weighted by molar-refractivity contribution is 5.57. The fourth-order valence-corrected chi connectivity index (χ4v) is 1.25. The van der Waals surface area contributed by atoms with Gasteiger partial charge in [0.05, 0.1) is 15.9 Å². The predicted molar refractivity (Wildman–Crippen MR) is 54.2 cm³/mol. The number of phenolic OH excluding ortho intramolecular Hbond substituents is 1. The van der Waals surface area contributed by atoms with Gasteiger partial charge >= 0.3 is 5.69 Å². The molecule has 0 aliphatic heterocycles. The molecule has 0 saturated heterocycles. The molecular formula is C8H9N3O5. The zero-order chi connectivity index (χ0) is 12.3. The molecule has 0 unspecified atom stereocenters. The Labute approximate surface area is 89.6 Å². The van der Waals surface area contributed by atoms with Crippen molar-refractivity contribution in [3.8, 4) is 5.75 Å². The summed E-state index contributed by atoms with van der Waals surface area (Å²) in [5, 5.41) is 30.5. The lowest BCUT2D eigenvalue weighted by atomic mass is 10.1. The molecular weight excluding hydrogens is 218 g/mol. The molecule has 0 aliphatic rings.